The van der Waals surface area contributed by atoms with E-state index < -0.39 is 0 Å². The number of hydrogen-bond acceptors (Lipinski definition) is 3. The lowest BCUT2D eigenvalue weighted by atomic mass is 9.76. The van der Waals surface area contributed by atoms with Crippen LogP contribution in [-0.4, -0.2) is 12.0 Å². The fourth-order valence-electron chi connectivity index (χ4n) is 3.17. The van der Waals surface area contributed by atoms with Gasteiger partial charge in [-0.2, -0.15) is 0 Å². The van der Waals surface area contributed by atoms with Crippen LogP contribution in [-0.2, 0) is 12.8 Å². The topological polar surface area (TPSA) is 24.9 Å². The molecule has 0 saturated carbocycles. The van der Waals surface area contributed by atoms with Crippen LogP contribution in [0.4, 0.5) is 0 Å². The van der Waals surface area contributed by atoms with Crippen LogP contribution in [0.2, 0.25) is 0 Å². The predicted octanol–water partition coefficient (Wildman–Crippen LogP) is 4.61. The molecular formula is C18H24N2S. The minimum Gasteiger partial charge on any atom is -0.312 e. The molecule has 3 heteroatoms. The van der Waals surface area contributed by atoms with E-state index >= 15 is 0 Å². The molecule has 0 bridgehead atoms. The van der Waals surface area contributed by atoms with Gasteiger partial charge in [-0.3, -0.25) is 0 Å². The lowest BCUT2D eigenvalue weighted by Crippen LogP contribution is -2.30. The fourth-order valence-corrected chi connectivity index (χ4v) is 4.37. The molecular weight excluding hydrogens is 276 g/mol. The van der Waals surface area contributed by atoms with Crippen molar-refractivity contribution in [3.8, 4) is 10.6 Å². The number of benzene rings is 1. The number of fused-ring (bicyclic) bond motifs is 1. The molecule has 1 aromatic heterocycles. The van der Waals surface area contributed by atoms with Crippen molar-refractivity contribution in [3.05, 3.63) is 40.4 Å². The molecule has 0 amide bonds. The van der Waals surface area contributed by atoms with Crippen LogP contribution in [0.5, 0.6) is 0 Å². The number of aryl methyl sites for hydroxylation is 1. The van der Waals surface area contributed by atoms with Crippen LogP contribution in [0.3, 0.4) is 0 Å². The van der Waals surface area contributed by atoms with Crippen LogP contribution >= 0.6 is 11.3 Å². The lowest BCUT2D eigenvalue weighted by Gasteiger charge is -2.34. The van der Waals surface area contributed by atoms with E-state index in [-0.39, 0.29) is 0 Å². The van der Waals surface area contributed by atoms with Crippen LogP contribution in [0.1, 0.15) is 49.4 Å². The molecule has 0 saturated heterocycles. The van der Waals surface area contributed by atoms with Gasteiger partial charge < -0.3 is 5.32 Å². The van der Waals surface area contributed by atoms with E-state index in [0.717, 1.165) is 12.8 Å². The second kappa shape index (κ2) is 5.54. The van der Waals surface area contributed by atoms with E-state index in [4.69, 9.17) is 4.98 Å². The van der Waals surface area contributed by atoms with Crippen molar-refractivity contribution in [2.45, 2.75) is 46.1 Å². The number of hydrogen-bond donors (Lipinski definition) is 1. The van der Waals surface area contributed by atoms with Crippen molar-refractivity contribution in [2.75, 3.05) is 7.05 Å². The first-order chi connectivity index (χ1) is 10.0. The Hall–Kier alpha value is -1.19. The van der Waals surface area contributed by atoms with E-state index in [2.05, 4.69) is 57.4 Å². The number of aromatic nitrogens is 1. The van der Waals surface area contributed by atoms with Crippen LogP contribution in [0.15, 0.2) is 24.3 Å². The third-order valence-corrected chi connectivity index (χ3v) is 5.66. The van der Waals surface area contributed by atoms with Crippen molar-refractivity contribution in [1.82, 2.24) is 10.3 Å². The zero-order valence-corrected chi connectivity index (χ0v) is 14.2. The van der Waals surface area contributed by atoms with Gasteiger partial charge in [-0.1, -0.05) is 45.0 Å². The van der Waals surface area contributed by atoms with E-state index in [1.54, 1.807) is 0 Å². The van der Waals surface area contributed by atoms with Gasteiger partial charge in [0, 0.05) is 16.5 Å². The summed E-state index contributed by atoms with van der Waals surface area (Å²) in [7, 11) is 2.06. The Bertz CT molecular complexity index is 625. The Morgan fingerprint density at radius 2 is 2.00 bits per heavy atom. The van der Waals surface area contributed by atoms with Gasteiger partial charge in [-0.25, -0.2) is 4.98 Å². The summed E-state index contributed by atoms with van der Waals surface area (Å²) >= 11 is 1.86. The van der Waals surface area contributed by atoms with Gasteiger partial charge in [0.1, 0.15) is 5.01 Å². The number of nitrogens with zero attached hydrogens (tertiary/aromatic N) is 1. The van der Waals surface area contributed by atoms with Crippen molar-refractivity contribution >= 4 is 11.3 Å². The quantitative estimate of drug-likeness (QED) is 0.895. The Morgan fingerprint density at radius 1 is 1.29 bits per heavy atom. The van der Waals surface area contributed by atoms with Gasteiger partial charge in [-0.05, 0) is 37.3 Å². The maximum atomic E-state index is 4.95. The summed E-state index contributed by atoms with van der Waals surface area (Å²) in [5.74, 6) is 0. The van der Waals surface area contributed by atoms with Gasteiger partial charge in [0.05, 0.1) is 5.69 Å². The van der Waals surface area contributed by atoms with E-state index in [1.165, 1.54) is 33.1 Å². The summed E-state index contributed by atoms with van der Waals surface area (Å²) in [5.41, 5.74) is 4.26. The molecule has 2 aromatic rings. The molecule has 1 atom stereocenters. The van der Waals surface area contributed by atoms with Crippen LogP contribution in [0.25, 0.3) is 10.6 Å². The van der Waals surface area contributed by atoms with E-state index in [0.29, 0.717) is 11.5 Å². The molecule has 112 valence electrons. The summed E-state index contributed by atoms with van der Waals surface area (Å²) in [6, 6.07) is 9.31. The minimum atomic E-state index is 0.331. The van der Waals surface area contributed by atoms with E-state index in [1.807, 2.05) is 11.3 Å². The van der Waals surface area contributed by atoms with Gasteiger partial charge in [0.2, 0.25) is 0 Å². The summed E-state index contributed by atoms with van der Waals surface area (Å²) in [6.07, 6.45) is 3.36. The molecule has 2 nitrogen and oxygen atoms in total. The van der Waals surface area contributed by atoms with Crippen LogP contribution in [0, 0.1) is 5.41 Å². The molecule has 1 aliphatic carbocycles. The highest BCUT2D eigenvalue weighted by Gasteiger charge is 2.34. The highest BCUT2D eigenvalue weighted by Crippen LogP contribution is 2.44. The van der Waals surface area contributed by atoms with Crippen molar-refractivity contribution in [2.24, 2.45) is 5.41 Å². The molecule has 0 fully saturated rings. The first kappa shape index (κ1) is 14.7. The molecule has 1 heterocycles. The third-order valence-electron chi connectivity index (χ3n) is 4.40. The highest BCUT2D eigenvalue weighted by atomic mass is 32.1. The van der Waals surface area contributed by atoms with Gasteiger partial charge >= 0.3 is 0 Å². The van der Waals surface area contributed by atoms with Crippen molar-refractivity contribution in [3.63, 3.8) is 0 Å². The average molecular weight is 300 g/mol. The van der Waals surface area contributed by atoms with Crippen molar-refractivity contribution < 1.29 is 0 Å². The van der Waals surface area contributed by atoms with Crippen molar-refractivity contribution in [1.29, 1.82) is 0 Å². The first-order valence-corrected chi connectivity index (χ1v) is 8.60. The Balaban J connectivity index is 1.97. The minimum absolute atomic E-state index is 0.331. The second-order valence-electron chi connectivity index (χ2n) is 6.77. The highest BCUT2D eigenvalue weighted by molar-refractivity contribution is 7.15. The Labute approximate surface area is 131 Å². The van der Waals surface area contributed by atoms with Gasteiger partial charge in [-0.15, -0.1) is 11.3 Å². The summed E-state index contributed by atoms with van der Waals surface area (Å²) < 4.78 is 0. The zero-order chi connectivity index (χ0) is 15.0. The largest absolute Gasteiger partial charge is 0.312 e. The molecule has 1 unspecified atom stereocenters. The fraction of sp³-hybridized carbons (Fsp3) is 0.500. The Kier molecular flexibility index (Phi) is 3.89. The van der Waals surface area contributed by atoms with Crippen LogP contribution < -0.4 is 5.32 Å². The zero-order valence-electron chi connectivity index (χ0n) is 13.4. The normalized spacial score (nSPS) is 20.3. The summed E-state index contributed by atoms with van der Waals surface area (Å²) in [5, 5.41) is 4.64. The predicted molar refractivity (Wildman–Crippen MR) is 90.8 cm³/mol. The average Bonchev–Trinajstić information content (AvgIpc) is 2.88. The monoisotopic (exact) mass is 300 g/mol. The smallest absolute Gasteiger partial charge is 0.123 e. The molecule has 1 N–H and O–H groups in total. The molecule has 1 aromatic carbocycles. The maximum Gasteiger partial charge on any atom is 0.123 e. The summed E-state index contributed by atoms with van der Waals surface area (Å²) in [4.78, 5) is 6.39. The van der Waals surface area contributed by atoms with Gasteiger partial charge in [0.15, 0.2) is 0 Å². The summed E-state index contributed by atoms with van der Waals surface area (Å²) in [6.45, 7) is 6.88. The molecule has 0 radical (unpaired) electrons. The first-order valence-electron chi connectivity index (χ1n) is 7.78. The number of rotatable bonds is 3. The Morgan fingerprint density at radius 3 is 2.62 bits per heavy atom. The molecule has 0 spiro atoms. The molecule has 0 aliphatic heterocycles. The lowest BCUT2D eigenvalue weighted by molar-refractivity contribution is 0.265. The number of nitrogens with one attached hydrogen (secondary N) is 1. The maximum absolute atomic E-state index is 4.95. The molecule has 3 rings (SSSR count). The standard InChI is InChI=1S/C18H24N2S/c1-5-12-6-8-13(9-7-12)17-20-15-11-18(2,3)10-14(19-4)16(15)21-17/h6-9,14,19H,5,10-11H2,1-4H3. The molecule has 1 aliphatic rings. The number of thiazole rings is 1. The van der Waals surface area contributed by atoms with Gasteiger partial charge in [0.25, 0.3) is 0 Å². The van der Waals surface area contributed by atoms with E-state index in [9.17, 15) is 0 Å². The molecule has 21 heavy (non-hydrogen) atoms. The SMILES string of the molecule is CCc1ccc(-c2nc3c(s2)C(NC)CC(C)(C)C3)cc1. The third kappa shape index (κ3) is 2.90. The second-order valence-corrected chi connectivity index (χ2v) is 7.80.